The molecule has 0 radical (unpaired) electrons. The Labute approximate surface area is 102 Å². The van der Waals surface area contributed by atoms with Crippen molar-refractivity contribution >= 4 is 11.6 Å². The second-order valence-corrected chi connectivity index (χ2v) is 5.17. The zero-order valence-electron chi connectivity index (χ0n) is 9.82. The Bertz CT molecular complexity index is 368. The number of nitrogens with zero attached hydrogens (tertiary/aromatic N) is 2. The number of hydrogen-bond donors (Lipinski definition) is 0. The molecule has 16 heavy (non-hydrogen) atoms. The summed E-state index contributed by atoms with van der Waals surface area (Å²) in [5.74, 6) is 0. The van der Waals surface area contributed by atoms with E-state index < -0.39 is 0 Å². The summed E-state index contributed by atoms with van der Waals surface area (Å²) < 4.78 is 1.86. The quantitative estimate of drug-likeness (QED) is 0.583. The molecule has 1 heterocycles. The predicted molar refractivity (Wildman–Crippen MR) is 67.7 cm³/mol. The molecule has 2 nitrogen and oxygen atoms in total. The molecule has 0 bridgehead atoms. The monoisotopic (exact) mass is 238 g/mol. The van der Waals surface area contributed by atoms with Gasteiger partial charge in [0.1, 0.15) is 0 Å². The van der Waals surface area contributed by atoms with Crippen molar-refractivity contribution in [1.29, 1.82) is 0 Å². The lowest BCUT2D eigenvalue weighted by atomic mass is 10.0. The molecule has 0 amide bonds. The summed E-state index contributed by atoms with van der Waals surface area (Å²) in [6.07, 6.45) is 13.5. The summed E-state index contributed by atoms with van der Waals surface area (Å²) in [5.41, 5.74) is 2.85. The van der Waals surface area contributed by atoms with Crippen molar-refractivity contribution in [1.82, 2.24) is 9.78 Å². The molecule has 1 atom stereocenters. The predicted octanol–water partition coefficient (Wildman–Crippen LogP) is 3.46. The minimum Gasteiger partial charge on any atom is -0.276 e. The van der Waals surface area contributed by atoms with Crippen LogP contribution in [0.3, 0.4) is 0 Å². The summed E-state index contributed by atoms with van der Waals surface area (Å²) in [5, 5.41) is 4.44. The number of halogens is 1. The van der Waals surface area contributed by atoms with Crippen LogP contribution in [0, 0.1) is 0 Å². The van der Waals surface area contributed by atoms with Gasteiger partial charge in [-0.15, -0.1) is 11.6 Å². The molecule has 1 unspecified atom stereocenters. The van der Waals surface area contributed by atoms with Crippen LogP contribution in [0.1, 0.15) is 37.7 Å². The van der Waals surface area contributed by atoms with Crippen LogP contribution in [0.5, 0.6) is 0 Å². The average molecular weight is 239 g/mol. The van der Waals surface area contributed by atoms with Gasteiger partial charge < -0.3 is 0 Å². The van der Waals surface area contributed by atoms with Crippen LogP contribution < -0.4 is 0 Å². The highest BCUT2D eigenvalue weighted by molar-refractivity contribution is 6.21. The van der Waals surface area contributed by atoms with Gasteiger partial charge in [-0.3, -0.25) is 4.68 Å². The Morgan fingerprint density at radius 1 is 1.44 bits per heavy atom. The molecule has 1 aromatic heterocycles. The maximum atomic E-state index is 6.21. The Hall–Kier alpha value is -0.760. The highest BCUT2D eigenvalue weighted by atomic mass is 35.5. The molecule has 0 fully saturated rings. The molecule has 1 aliphatic carbocycles. The van der Waals surface area contributed by atoms with Gasteiger partial charge in [-0.2, -0.15) is 5.10 Å². The molecular formula is C13H19ClN2. The van der Waals surface area contributed by atoms with Gasteiger partial charge in [-0.25, -0.2) is 0 Å². The van der Waals surface area contributed by atoms with Gasteiger partial charge in [0.15, 0.2) is 0 Å². The van der Waals surface area contributed by atoms with Crippen LogP contribution in [0.2, 0.25) is 0 Å². The zero-order valence-corrected chi connectivity index (χ0v) is 10.6. The molecule has 0 aromatic carbocycles. The number of aromatic nitrogens is 2. The van der Waals surface area contributed by atoms with E-state index in [-0.39, 0.29) is 5.38 Å². The lowest BCUT2D eigenvalue weighted by Gasteiger charge is -2.04. The number of alkyl halides is 1. The van der Waals surface area contributed by atoms with E-state index in [2.05, 4.69) is 17.4 Å². The Morgan fingerprint density at radius 2 is 2.31 bits per heavy atom. The molecule has 1 aliphatic rings. The van der Waals surface area contributed by atoms with Crippen molar-refractivity contribution in [3.05, 3.63) is 29.6 Å². The first-order valence-corrected chi connectivity index (χ1v) is 6.49. The minimum atomic E-state index is 0.256. The summed E-state index contributed by atoms with van der Waals surface area (Å²) in [6.45, 7) is 0. The maximum absolute atomic E-state index is 6.21. The molecule has 0 saturated carbocycles. The smallest absolute Gasteiger partial charge is 0.0521 e. The molecular weight excluding hydrogens is 220 g/mol. The lowest BCUT2D eigenvalue weighted by Crippen LogP contribution is -1.93. The second-order valence-electron chi connectivity index (χ2n) is 4.61. The molecule has 0 aliphatic heterocycles. The molecule has 88 valence electrons. The average Bonchev–Trinajstić information content (AvgIpc) is 2.55. The van der Waals surface area contributed by atoms with Crippen molar-refractivity contribution in [2.45, 2.75) is 43.9 Å². The first-order chi connectivity index (χ1) is 7.74. The standard InChI is InChI=1S/C13H19ClN2/c1-16-10-12(9-15-16)7-6-11-4-2-3-5-13(14)8-11/h8-10,13H,2-7H2,1H3. The third-order valence-corrected chi connectivity index (χ3v) is 3.48. The second kappa shape index (κ2) is 5.53. The van der Waals surface area contributed by atoms with E-state index in [1.807, 2.05) is 17.9 Å². The van der Waals surface area contributed by atoms with E-state index in [9.17, 15) is 0 Å². The van der Waals surface area contributed by atoms with Gasteiger partial charge in [0.2, 0.25) is 0 Å². The lowest BCUT2D eigenvalue weighted by molar-refractivity contribution is 0.703. The van der Waals surface area contributed by atoms with Crippen LogP contribution in [0.4, 0.5) is 0 Å². The van der Waals surface area contributed by atoms with Gasteiger partial charge >= 0.3 is 0 Å². The van der Waals surface area contributed by atoms with Crippen molar-refractivity contribution in [3.8, 4) is 0 Å². The molecule has 0 saturated heterocycles. The van der Waals surface area contributed by atoms with Crippen LogP contribution in [-0.4, -0.2) is 15.2 Å². The van der Waals surface area contributed by atoms with E-state index in [0.717, 1.165) is 19.3 Å². The third-order valence-electron chi connectivity index (χ3n) is 3.14. The van der Waals surface area contributed by atoms with Crippen molar-refractivity contribution in [2.24, 2.45) is 7.05 Å². The number of aryl methyl sites for hydroxylation is 2. The van der Waals surface area contributed by atoms with Gasteiger partial charge in [-0.05, 0) is 37.7 Å². The van der Waals surface area contributed by atoms with Crippen LogP contribution in [0.25, 0.3) is 0 Å². The van der Waals surface area contributed by atoms with E-state index in [4.69, 9.17) is 11.6 Å². The maximum Gasteiger partial charge on any atom is 0.0521 e. The van der Waals surface area contributed by atoms with Gasteiger partial charge in [0.25, 0.3) is 0 Å². The highest BCUT2D eigenvalue weighted by Crippen LogP contribution is 2.24. The molecule has 1 aromatic rings. The van der Waals surface area contributed by atoms with Crippen LogP contribution >= 0.6 is 11.6 Å². The SMILES string of the molecule is Cn1cc(CCC2=CC(Cl)CCCC2)cn1. The van der Waals surface area contributed by atoms with E-state index >= 15 is 0 Å². The molecule has 0 spiro atoms. The molecule has 2 rings (SSSR count). The summed E-state index contributed by atoms with van der Waals surface area (Å²) in [7, 11) is 1.96. The fourth-order valence-corrected chi connectivity index (χ4v) is 2.56. The van der Waals surface area contributed by atoms with E-state index in [1.54, 1.807) is 0 Å². The summed E-state index contributed by atoms with van der Waals surface area (Å²) >= 11 is 6.21. The van der Waals surface area contributed by atoms with Gasteiger partial charge in [0, 0.05) is 13.2 Å². The van der Waals surface area contributed by atoms with Crippen molar-refractivity contribution in [3.63, 3.8) is 0 Å². The summed E-state index contributed by atoms with van der Waals surface area (Å²) in [6, 6.07) is 0. The van der Waals surface area contributed by atoms with Crippen LogP contribution in [-0.2, 0) is 13.5 Å². The molecule has 0 N–H and O–H groups in total. The fourth-order valence-electron chi connectivity index (χ4n) is 2.23. The van der Waals surface area contributed by atoms with Crippen molar-refractivity contribution < 1.29 is 0 Å². The first kappa shape index (κ1) is 11.7. The topological polar surface area (TPSA) is 17.8 Å². The minimum absolute atomic E-state index is 0.256. The van der Waals surface area contributed by atoms with Crippen LogP contribution in [0.15, 0.2) is 24.0 Å². The first-order valence-electron chi connectivity index (χ1n) is 6.05. The van der Waals surface area contributed by atoms with Crippen molar-refractivity contribution in [2.75, 3.05) is 0 Å². The summed E-state index contributed by atoms with van der Waals surface area (Å²) in [4.78, 5) is 0. The Balaban J connectivity index is 1.89. The number of allylic oxidation sites excluding steroid dienone is 2. The van der Waals surface area contributed by atoms with E-state index in [1.165, 1.54) is 30.4 Å². The van der Waals surface area contributed by atoms with Gasteiger partial charge in [0.05, 0.1) is 11.6 Å². The van der Waals surface area contributed by atoms with E-state index in [0.29, 0.717) is 0 Å². The normalized spacial score (nSPS) is 21.6. The largest absolute Gasteiger partial charge is 0.276 e. The highest BCUT2D eigenvalue weighted by Gasteiger charge is 2.09. The molecule has 3 heteroatoms. The Morgan fingerprint density at radius 3 is 3.06 bits per heavy atom. The van der Waals surface area contributed by atoms with Gasteiger partial charge in [-0.1, -0.05) is 18.1 Å². The zero-order chi connectivity index (χ0) is 11.4. The number of rotatable bonds is 3. The third kappa shape index (κ3) is 3.38. The number of hydrogen-bond acceptors (Lipinski definition) is 1. The fraction of sp³-hybridized carbons (Fsp3) is 0.615. The Kier molecular flexibility index (Phi) is 4.05.